The van der Waals surface area contributed by atoms with Crippen molar-refractivity contribution < 1.29 is 0 Å². The molecule has 0 rings (SSSR count). The average molecular weight is 261 g/mol. The van der Waals surface area contributed by atoms with Gasteiger partial charge in [-0.2, -0.15) is 0 Å². The maximum Gasteiger partial charge on any atom is 0.468 e. The van der Waals surface area contributed by atoms with Crippen molar-refractivity contribution in [3.8, 4) is 0 Å². The van der Waals surface area contributed by atoms with Crippen molar-refractivity contribution in [1.29, 1.82) is 0 Å². The third-order valence-electron chi connectivity index (χ3n) is 1.92. The Hall–Kier alpha value is 0.886. The number of hydrogen-bond donors (Lipinski definition) is 2. The van der Waals surface area contributed by atoms with Gasteiger partial charge in [-0.05, 0) is 0 Å². The molecule has 2 N–H and O–H groups in total. The second-order valence-electron chi connectivity index (χ2n) is 6.97. The molecule has 0 aromatic rings. The maximum absolute atomic E-state index is 3.95. The molecule has 0 atom stereocenters. The van der Waals surface area contributed by atoms with Crippen LogP contribution in [-0.4, -0.2) is 31.1 Å². The standard InChI is InChI=1S/C4H9.2C3H10NSi.Al/c1-4(2)3;2*1-5(2,3)4;/h4H,1H2,2-3H3;2*4H,1-3H3;/q;2*-1;+2. The van der Waals surface area contributed by atoms with Crippen molar-refractivity contribution in [2.45, 2.75) is 58.4 Å². The molecule has 0 saturated heterocycles. The van der Waals surface area contributed by atoms with E-state index in [2.05, 4.69) is 61.1 Å². The molecule has 0 heterocycles. The lowest BCUT2D eigenvalue weighted by Gasteiger charge is -2.30. The van der Waals surface area contributed by atoms with Gasteiger partial charge in [0, 0.05) is 0 Å². The molecule has 0 aromatic heterocycles. The molecule has 0 aliphatic carbocycles. The maximum atomic E-state index is 3.95. The molecule has 15 heavy (non-hydrogen) atoms. The van der Waals surface area contributed by atoms with Crippen LogP contribution in [0.4, 0.5) is 0 Å². The predicted molar refractivity (Wildman–Crippen MR) is 78.4 cm³/mol. The molecule has 0 fully saturated rings. The fourth-order valence-electron chi connectivity index (χ4n) is 1.67. The van der Waals surface area contributed by atoms with Crippen LogP contribution in [0.2, 0.25) is 44.6 Å². The Bertz CT molecular complexity index is 169. The van der Waals surface area contributed by atoms with E-state index in [1.807, 2.05) is 0 Å². The van der Waals surface area contributed by atoms with Crippen molar-refractivity contribution >= 4 is 31.1 Å². The SMILES string of the molecule is CC(C)[CH2][Al]([NH][Si](C)(C)C)[NH][Si](C)(C)C. The van der Waals surface area contributed by atoms with Gasteiger partial charge in [-0.3, -0.25) is 0 Å². The zero-order valence-corrected chi connectivity index (χ0v) is 15.0. The minimum absolute atomic E-state index is 0.814. The predicted octanol–water partition coefficient (Wildman–Crippen LogP) is 2.98. The van der Waals surface area contributed by atoms with E-state index >= 15 is 0 Å². The van der Waals surface area contributed by atoms with Crippen LogP contribution in [0, 0.1) is 5.92 Å². The second kappa shape index (κ2) is 5.99. The highest BCUT2D eigenvalue weighted by atomic mass is 28.3. The molecule has 0 bridgehead atoms. The summed E-state index contributed by atoms with van der Waals surface area (Å²) < 4.78 is 7.89. The summed E-state index contributed by atoms with van der Waals surface area (Å²) in [5, 5.41) is 1.37. The van der Waals surface area contributed by atoms with Crippen LogP contribution in [0.1, 0.15) is 13.8 Å². The summed E-state index contributed by atoms with van der Waals surface area (Å²) in [5.74, 6) is 0.814. The van der Waals surface area contributed by atoms with Crippen LogP contribution >= 0.6 is 0 Å². The van der Waals surface area contributed by atoms with Crippen LogP contribution in [-0.2, 0) is 0 Å². The first kappa shape index (κ1) is 15.9. The van der Waals surface area contributed by atoms with Gasteiger partial charge < -0.3 is 7.93 Å². The molecular formula is C10H29AlN2Si2. The summed E-state index contributed by atoms with van der Waals surface area (Å²) in [6.07, 6.45) is 0. The van der Waals surface area contributed by atoms with Crippen LogP contribution in [0.15, 0.2) is 0 Å². The summed E-state index contributed by atoms with van der Waals surface area (Å²) in [6.45, 7) is 19.1. The molecule has 90 valence electrons. The number of hydrogen-bond acceptors (Lipinski definition) is 2. The molecule has 5 heteroatoms. The lowest BCUT2D eigenvalue weighted by Crippen LogP contribution is -2.63. The molecule has 0 unspecified atom stereocenters. The van der Waals surface area contributed by atoms with E-state index in [0.717, 1.165) is 5.92 Å². The first-order valence-corrected chi connectivity index (χ1v) is 15.0. The van der Waals surface area contributed by atoms with Crippen molar-refractivity contribution in [3.05, 3.63) is 0 Å². The molecule has 0 aliphatic heterocycles. The second-order valence-corrected chi connectivity index (χ2v) is 19.9. The third kappa shape index (κ3) is 11.2. The van der Waals surface area contributed by atoms with E-state index in [-0.39, 0.29) is 0 Å². The van der Waals surface area contributed by atoms with E-state index in [1.54, 1.807) is 0 Å². The molecule has 0 saturated carbocycles. The summed E-state index contributed by atoms with van der Waals surface area (Å²) in [5.41, 5.74) is 0. The molecule has 0 aromatic carbocycles. The first-order valence-electron chi connectivity index (χ1n) is 6.05. The summed E-state index contributed by atoms with van der Waals surface area (Å²) in [6, 6.07) is 0. The quantitative estimate of drug-likeness (QED) is 0.718. The largest absolute Gasteiger partial charge is 0.468 e. The van der Waals surface area contributed by atoms with Crippen LogP contribution in [0.5, 0.6) is 0 Å². The van der Waals surface area contributed by atoms with Gasteiger partial charge in [0.25, 0.3) is 0 Å². The van der Waals surface area contributed by atoms with Gasteiger partial charge >= 0.3 is 14.6 Å². The average Bonchev–Trinajstić information content (AvgIpc) is 1.73. The Morgan fingerprint density at radius 2 is 1.20 bits per heavy atom. The fraction of sp³-hybridized carbons (Fsp3) is 1.00. The summed E-state index contributed by atoms with van der Waals surface area (Å²) in [7, 11) is -2.23. The highest BCUT2D eigenvalue weighted by Crippen LogP contribution is 2.07. The van der Waals surface area contributed by atoms with E-state index in [1.165, 1.54) is 5.28 Å². The van der Waals surface area contributed by atoms with Gasteiger partial charge in [-0.1, -0.05) is 64.3 Å². The Morgan fingerprint density at radius 1 is 0.867 bits per heavy atom. The lowest BCUT2D eigenvalue weighted by atomic mass is 10.3. The molecule has 0 amide bonds. The van der Waals surface area contributed by atoms with Crippen LogP contribution in [0.25, 0.3) is 0 Å². The number of nitrogens with one attached hydrogen (secondary N) is 2. The van der Waals surface area contributed by atoms with Crippen molar-refractivity contribution in [2.24, 2.45) is 5.92 Å². The topological polar surface area (TPSA) is 24.1 Å². The van der Waals surface area contributed by atoms with Gasteiger partial charge in [0.15, 0.2) is 0 Å². The fourth-order valence-corrected chi connectivity index (χ4v) is 12.9. The smallest absolute Gasteiger partial charge is 0.409 e. The molecule has 0 spiro atoms. The van der Waals surface area contributed by atoms with E-state index in [4.69, 9.17) is 0 Å². The first-order chi connectivity index (χ1) is 6.49. The van der Waals surface area contributed by atoms with Gasteiger partial charge in [-0.15, -0.1) is 0 Å². The van der Waals surface area contributed by atoms with Crippen molar-refractivity contribution in [3.63, 3.8) is 0 Å². The van der Waals surface area contributed by atoms with E-state index in [9.17, 15) is 0 Å². The Balaban J connectivity index is 4.32. The highest BCUT2D eigenvalue weighted by Gasteiger charge is 2.30. The Kier molecular flexibility index (Phi) is 6.35. The van der Waals surface area contributed by atoms with Crippen LogP contribution < -0.4 is 7.93 Å². The minimum atomic E-state index is -1.12. The number of rotatable bonds is 6. The zero-order valence-electron chi connectivity index (χ0n) is 11.9. The molecular weight excluding hydrogens is 231 g/mol. The van der Waals surface area contributed by atoms with Gasteiger partial charge in [0.2, 0.25) is 0 Å². The van der Waals surface area contributed by atoms with Gasteiger partial charge in [-0.25, -0.2) is 0 Å². The summed E-state index contributed by atoms with van der Waals surface area (Å²) in [4.78, 5) is 0. The highest BCUT2D eigenvalue weighted by molar-refractivity contribution is 6.89. The van der Waals surface area contributed by atoms with Gasteiger partial charge in [0.05, 0.1) is 16.5 Å². The lowest BCUT2D eigenvalue weighted by molar-refractivity contribution is 0.718. The normalized spacial score (nSPS) is 13.4. The minimum Gasteiger partial charge on any atom is -0.409 e. The summed E-state index contributed by atoms with van der Waals surface area (Å²) >= 11 is -0.918. The van der Waals surface area contributed by atoms with Crippen LogP contribution in [0.3, 0.4) is 0 Å². The molecule has 0 radical (unpaired) electrons. The molecule has 0 aliphatic rings. The van der Waals surface area contributed by atoms with E-state index in [0.29, 0.717) is 0 Å². The third-order valence-corrected chi connectivity index (χ3v) is 13.1. The van der Waals surface area contributed by atoms with Gasteiger partial charge in [0.1, 0.15) is 0 Å². The Labute approximate surface area is 103 Å². The van der Waals surface area contributed by atoms with Crippen molar-refractivity contribution in [2.75, 3.05) is 0 Å². The monoisotopic (exact) mass is 260 g/mol. The molecule has 2 nitrogen and oxygen atoms in total. The Morgan fingerprint density at radius 3 is 1.40 bits per heavy atom. The zero-order chi connectivity index (χ0) is 12.3. The van der Waals surface area contributed by atoms with E-state index < -0.39 is 31.1 Å². The van der Waals surface area contributed by atoms with Crippen molar-refractivity contribution in [1.82, 2.24) is 7.93 Å².